The van der Waals surface area contributed by atoms with Crippen LogP contribution in [0.15, 0.2) is 36.4 Å². The number of benzene rings is 2. The standard InChI is InChI=1S/C15H10F2N2O2/c16-12-5-10(7-18)6-13(17)14(12)19-8-9-2-1-3-11(4-9)15(20)21/h1-6,19H,8H2,(H,20,21). The number of halogens is 2. The number of anilines is 1. The van der Waals surface area contributed by atoms with Gasteiger partial charge in [-0.2, -0.15) is 5.26 Å². The largest absolute Gasteiger partial charge is 0.478 e. The molecule has 0 fully saturated rings. The van der Waals surface area contributed by atoms with Crippen LogP contribution in [0, 0.1) is 23.0 Å². The lowest BCUT2D eigenvalue weighted by Crippen LogP contribution is -2.05. The van der Waals surface area contributed by atoms with E-state index in [0.717, 1.165) is 12.1 Å². The predicted octanol–water partition coefficient (Wildman–Crippen LogP) is 3.15. The molecule has 0 radical (unpaired) electrons. The number of nitrogens with one attached hydrogen (secondary N) is 1. The molecule has 0 aromatic heterocycles. The fourth-order valence-electron chi connectivity index (χ4n) is 1.81. The summed E-state index contributed by atoms with van der Waals surface area (Å²) in [5.74, 6) is -2.82. The van der Waals surface area contributed by atoms with Crippen molar-refractivity contribution in [3.63, 3.8) is 0 Å². The fraction of sp³-hybridized carbons (Fsp3) is 0.0667. The van der Waals surface area contributed by atoms with Crippen molar-refractivity contribution in [2.75, 3.05) is 5.32 Å². The van der Waals surface area contributed by atoms with Crippen molar-refractivity contribution in [1.82, 2.24) is 0 Å². The third kappa shape index (κ3) is 3.34. The average molecular weight is 288 g/mol. The number of carbonyl (C=O) groups is 1. The number of nitriles is 1. The Labute approximate surface area is 119 Å². The van der Waals surface area contributed by atoms with E-state index in [9.17, 15) is 13.6 Å². The van der Waals surface area contributed by atoms with Crippen LogP contribution in [-0.4, -0.2) is 11.1 Å². The Kier molecular flexibility index (Phi) is 4.14. The predicted molar refractivity (Wildman–Crippen MR) is 71.8 cm³/mol. The average Bonchev–Trinajstić information content (AvgIpc) is 2.46. The number of nitrogens with zero attached hydrogens (tertiary/aromatic N) is 1. The van der Waals surface area contributed by atoms with Crippen LogP contribution in [0.5, 0.6) is 0 Å². The van der Waals surface area contributed by atoms with E-state index in [-0.39, 0.29) is 23.4 Å². The first-order chi connectivity index (χ1) is 10.0. The first kappa shape index (κ1) is 14.5. The van der Waals surface area contributed by atoms with Crippen molar-refractivity contribution >= 4 is 11.7 Å². The van der Waals surface area contributed by atoms with Crippen LogP contribution in [0.2, 0.25) is 0 Å². The Bertz CT molecular complexity index is 716. The minimum absolute atomic E-state index is 0.0564. The molecule has 0 saturated carbocycles. The molecule has 0 aliphatic carbocycles. The molecule has 6 heteroatoms. The lowest BCUT2D eigenvalue weighted by Gasteiger charge is -2.09. The van der Waals surface area contributed by atoms with Gasteiger partial charge in [-0.3, -0.25) is 0 Å². The molecular formula is C15H10F2N2O2. The molecule has 4 nitrogen and oxygen atoms in total. The maximum Gasteiger partial charge on any atom is 0.335 e. The summed E-state index contributed by atoms with van der Waals surface area (Å²) in [5, 5.41) is 20.0. The number of carboxylic acids is 1. The molecule has 0 unspecified atom stereocenters. The second kappa shape index (κ2) is 6.01. The summed E-state index contributed by atoms with van der Waals surface area (Å²) in [5.41, 5.74) is 0.200. The number of rotatable bonds is 4. The van der Waals surface area contributed by atoms with Gasteiger partial charge in [0.25, 0.3) is 0 Å². The van der Waals surface area contributed by atoms with Crippen LogP contribution in [-0.2, 0) is 6.54 Å². The molecule has 106 valence electrons. The highest BCUT2D eigenvalue weighted by molar-refractivity contribution is 5.87. The van der Waals surface area contributed by atoms with E-state index < -0.39 is 17.6 Å². The van der Waals surface area contributed by atoms with Gasteiger partial charge in [0.2, 0.25) is 0 Å². The maximum atomic E-state index is 13.7. The topological polar surface area (TPSA) is 73.1 Å². The van der Waals surface area contributed by atoms with E-state index in [2.05, 4.69) is 5.32 Å². The van der Waals surface area contributed by atoms with Gasteiger partial charge < -0.3 is 10.4 Å². The second-order valence-electron chi connectivity index (χ2n) is 4.29. The molecule has 0 aliphatic heterocycles. The highest BCUT2D eigenvalue weighted by Crippen LogP contribution is 2.21. The maximum absolute atomic E-state index is 13.7. The summed E-state index contributed by atoms with van der Waals surface area (Å²) in [6.07, 6.45) is 0. The molecule has 0 bridgehead atoms. The molecule has 0 atom stereocenters. The van der Waals surface area contributed by atoms with Gasteiger partial charge in [-0.15, -0.1) is 0 Å². The Morgan fingerprint density at radius 2 is 1.90 bits per heavy atom. The summed E-state index contributed by atoms with van der Waals surface area (Å²) >= 11 is 0. The quantitative estimate of drug-likeness (QED) is 0.906. The van der Waals surface area contributed by atoms with Gasteiger partial charge in [-0.05, 0) is 29.8 Å². The van der Waals surface area contributed by atoms with E-state index in [0.29, 0.717) is 5.56 Å². The van der Waals surface area contributed by atoms with Crippen LogP contribution in [0.3, 0.4) is 0 Å². The Morgan fingerprint density at radius 1 is 1.24 bits per heavy atom. The Morgan fingerprint density at radius 3 is 2.48 bits per heavy atom. The SMILES string of the molecule is N#Cc1cc(F)c(NCc2cccc(C(=O)O)c2)c(F)c1. The van der Waals surface area contributed by atoms with Crippen molar-refractivity contribution < 1.29 is 18.7 Å². The highest BCUT2D eigenvalue weighted by atomic mass is 19.1. The lowest BCUT2D eigenvalue weighted by molar-refractivity contribution is 0.0696. The smallest absolute Gasteiger partial charge is 0.335 e. The summed E-state index contributed by atoms with van der Waals surface area (Å²) < 4.78 is 27.3. The molecule has 21 heavy (non-hydrogen) atoms. The van der Waals surface area contributed by atoms with Crippen molar-refractivity contribution in [1.29, 1.82) is 5.26 Å². The van der Waals surface area contributed by atoms with Crippen LogP contribution < -0.4 is 5.32 Å². The van der Waals surface area contributed by atoms with E-state index in [1.807, 2.05) is 0 Å². The third-order valence-corrected chi connectivity index (χ3v) is 2.81. The number of hydrogen-bond donors (Lipinski definition) is 2. The molecule has 2 aromatic carbocycles. The molecular weight excluding hydrogens is 278 g/mol. The summed E-state index contributed by atoms with van der Waals surface area (Å²) in [7, 11) is 0. The fourth-order valence-corrected chi connectivity index (χ4v) is 1.81. The zero-order valence-corrected chi connectivity index (χ0v) is 10.7. The Hall–Kier alpha value is -2.94. The normalized spacial score (nSPS) is 9.95. The minimum Gasteiger partial charge on any atom is -0.478 e. The van der Waals surface area contributed by atoms with E-state index >= 15 is 0 Å². The molecule has 0 heterocycles. The summed E-state index contributed by atoms with van der Waals surface area (Å²) in [6, 6.07) is 9.54. The van der Waals surface area contributed by atoms with E-state index in [4.69, 9.17) is 10.4 Å². The molecule has 0 aliphatic rings. The molecule has 0 spiro atoms. The van der Waals surface area contributed by atoms with Crippen molar-refractivity contribution in [2.24, 2.45) is 0 Å². The zero-order valence-electron chi connectivity index (χ0n) is 10.7. The van der Waals surface area contributed by atoms with Crippen LogP contribution in [0.4, 0.5) is 14.5 Å². The molecule has 2 aromatic rings. The monoisotopic (exact) mass is 288 g/mol. The van der Waals surface area contributed by atoms with Crippen LogP contribution in [0.25, 0.3) is 0 Å². The van der Waals surface area contributed by atoms with Gasteiger partial charge in [-0.1, -0.05) is 12.1 Å². The van der Waals surface area contributed by atoms with Crippen molar-refractivity contribution in [2.45, 2.75) is 6.54 Å². The third-order valence-electron chi connectivity index (χ3n) is 2.81. The molecule has 0 amide bonds. The van der Waals surface area contributed by atoms with Crippen molar-refractivity contribution in [3.05, 3.63) is 64.7 Å². The first-order valence-electron chi connectivity index (χ1n) is 5.96. The van der Waals surface area contributed by atoms with Gasteiger partial charge in [0, 0.05) is 6.54 Å². The first-order valence-corrected chi connectivity index (χ1v) is 5.96. The molecule has 2 rings (SSSR count). The van der Waals surface area contributed by atoms with Crippen LogP contribution >= 0.6 is 0 Å². The summed E-state index contributed by atoms with van der Waals surface area (Å²) in [4.78, 5) is 10.8. The minimum atomic E-state index is -1.08. The number of hydrogen-bond acceptors (Lipinski definition) is 3. The van der Waals surface area contributed by atoms with Crippen molar-refractivity contribution in [3.8, 4) is 6.07 Å². The van der Waals surface area contributed by atoms with Crippen LogP contribution in [0.1, 0.15) is 21.5 Å². The zero-order chi connectivity index (χ0) is 15.4. The number of aromatic carboxylic acids is 1. The lowest BCUT2D eigenvalue weighted by atomic mass is 10.1. The van der Waals surface area contributed by atoms with E-state index in [1.165, 1.54) is 12.1 Å². The second-order valence-corrected chi connectivity index (χ2v) is 4.29. The Balaban J connectivity index is 2.19. The van der Waals surface area contributed by atoms with Gasteiger partial charge in [0.15, 0.2) is 11.6 Å². The van der Waals surface area contributed by atoms with Gasteiger partial charge >= 0.3 is 5.97 Å². The van der Waals surface area contributed by atoms with Gasteiger partial charge in [0.1, 0.15) is 5.69 Å². The van der Waals surface area contributed by atoms with E-state index in [1.54, 1.807) is 18.2 Å². The highest BCUT2D eigenvalue weighted by Gasteiger charge is 2.11. The molecule has 2 N–H and O–H groups in total. The van der Waals surface area contributed by atoms with Gasteiger partial charge in [0.05, 0.1) is 17.2 Å². The van der Waals surface area contributed by atoms with Gasteiger partial charge in [-0.25, -0.2) is 13.6 Å². The number of carboxylic acid groups (broad SMARTS) is 1. The molecule has 0 saturated heterocycles. The summed E-state index contributed by atoms with van der Waals surface area (Å²) in [6.45, 7) is 0.0564.